The smallest absolute Gasteiger partial charge is 0.0233 e. The molecule has 0 N–H and O–H groups in total. The fourth-order valence-electron chi connectivity index (χ4n) is 2.68. The zero-order valence-corrected chi connectivity index (χ0v) is 11.4. The number of hydrogen-bond donors (Lipinski definition) is 0. The van der Waals surface area contributed by atoms with Crippen LogP contribution in [0, 0.1) is 11.8 Å². The van der Waals surface area contributed by atoms with E-state index in [1.165, 1.54) is 37.1 Å². The van der Waals surface area contributed by atoms with Gasteiger partial charge in [-0.05, 0) is 42.3 Å². The Morgan fingerprint density at radius 3 is 2.35 bits per heavy atom. The molecule has 1 fully saturated rings. The molecule has 1 atom stereocenters. The van der Waals surface area contributed by atoms with Crippen LogP contribution in [0.2, 0.25) is 0 Å². The van der Waals surface area contributed by atoms with Gasteiger partial charge in [0.15, 0.2) is 0 Å². The summed E-state index contributed by atoms with van der Waals surface area (Å²) in [6.45, 7) is 10.6. The van der Waals surface area contributed by atoms with Gasteiger partial charge in [-0.2, -0.15) is 0 Å². The number of hydrogen-bond acceptors (Lipinski definition) is 1. The molecule has 0 aliphatic carbocycles. The fourth-order valence-corrected chi connectivity index (χ4v) is 2.68. The molecule has 94 valence electrons. The number of likely N-dealkylation sites (tertiary alicyclic amines) is 1. The van der Waals surface area contributed by atoms with E-state index in [-0.39, 0.29) is 0 Å². The molecule has 1 heteroatoms. The summed E-state index contributed by atoms with van der Waals surface area (Å²) in [6, 6.07) is 9.21. The molecule has 0 bridgehead atoms. The van der Waals surface area contributed by atoms with Crippen molar-refractivity contribution in [3.63, 3.8) is 0 Å². The van der Waals surface area contributed by atoms with Crippen LogP contribution in [0.25, 0.3) is 0 Å². The van der Waals surface area contributed by atoms with Crippen LogP contribution in [0.3, 0.4) is 0 Å². The zero-order chi connectivity index (χ0) is 12.3. The molecule has 1 aliphatic heterocycles. The van der Waals surface area contributed by atoms with Gasteiger partial charge in [-0.25, -0.2) is 0 Å². The minimum atomic E-state index is 0.750. The molecular formula is C16H25N. The van der Waals surface area contributed by atoms with E-state index in [1.54, 1.807) is 0 Å². The van der Waals surface area contributed by atoms with E-state index in [9.17, 15) is 0 Å². The van der Waals surface area contributed by atoms with Crippen LogP contribution in [0.4, 0.5) is 0 Å². The van der Waals surface area contributed by atoms with E-state index in [2.05, 4.69) is 49.9 Å². The molecule has 2 rings (SSSR count). The van der Waals surface area contributed by atoms with Crippen LogP contribution < -0.4 is 0 Å². The van der Waals surface area contributed by atoms with E-state index in [4.69, 9.17) is 0 Å². The molecule has 0 amide bonds. The molecule has 0 radical (unpaired) electrons. The first-order valence-electron chi connectivity index (χ1n) is 6.93. The van der Waals surface area contributed by atoms with Crippen molar-refractivity contribution >= 4 is 0 Å². The van der Waals surface area contributed by atoms with Gasteiger partial charge < -0.3 is 0 Å². The first-order valence-corrected chi connectivity index (χ1v) is 6.93. The second-order valence-electron chi connectivity index (χ2n) is 6.04. The fraction of sp³-hybridized carbons (Fsp3) is 0.625. The lowest BCUT2D eigenvalue weighted by molar-refractivity contribution is 0.320. The van der Waals surface area contributed by atoms with Gasteiger partial charge in [0.2, 0.25) is 0 Å². The monoisotopic (exact) mass is 231 g/mol. The average Bonchev–Trinajstić information content (AvgIpc) is 2.66. The normalized spacial score (nSPS) is 21.3. The molecule has 1 saturated heterocycles. The SMILES string of the molecule is CC(C)Cc1ccc(CN2CC[C@@H](C)C2)cc1. The van der Waals surface area contributed by atoms with Crippen molar-refractivity contribution in [2.75, 3.05) is 13.1 Å². The van der Waals surface area contributed by atoms with Gasteiger partial charge in [0.05, 0.1) is 0 Å². The highest BCUT2D eigenvalue weighted by molar-refractivity contribution is 5.22. The van der Waals surface area contributed by atoms with Crippen molar-refractivity contribution < 1.29 is 0 Å². The van der Waals surface area contributed by atoms with E-state index in [0.29, 0.717) is 0 Å². The Morgan fingerprint density at radius 2 is 1.82 bits per heavy atom. The van der Waals surface area contributed by atoms with E-state index >= 15 is 0 Å². The quantitative estimate of drug-likeness (QED) is 0.763. The van der Waals surface area contributed by atoms with Crippen LogP contribution in [0.5, 0.6) is 0 Å². The molecule has 1 aliphatic rings. The number of rotatable bonds is 4. The van der Waals surface area contributed by atoms with E-state index < -0.39 is 0 Å². The second-order valence-corrected chi connectivity index (χ2v) is 6.04. The molecule has 1 aromatic carbocycles. The molecule has 17 heavy (non-hydrogen) atoms. The number of nitrogens with zero attached hydrogens (tertiary/aromatic N) is 1. The Morgan fingerprint density at radius 1 is 1.18 bits per heavy atom. The van der Waals surface area contributed by atoms with Gasteiger partial charge >= 0.3 is 0 Å². The van der Waals surface area contributed by atoms with Crippen molar-refractivity contribution in [2.45, 2.75) is 40.2 Å². The molecule has 1 heterocycles. The summed E-state index contributed by atoms with van der Waals surface area (Å²) in [5.41, 5.74) is 2.94. The minimum absolute atomic E-state index is 0.750. The van der Waals surface area contributed by atoms with E-state index in [0.717, 1.165) is 18.4 Å². The molecule has 0 unspecified atom stereocenters. The summed E-state index contributed by atoms with van der Waals surface area (Å²) in [5, 5.41) is 0. The molecular weight excluding hydrogens is 206 g/mol. The highest BCUT2D eigenvalue weighted by Crippen LogP contribution is 2.18. The lowest BCUT2D eigenvalue weighted by Crippen LogP contribution is -2.19. The highest BCUT2D eigenvalue weighted by Gasteiger charge is 2.18. The predicted molar refractivity (Wildman–Crippen MR) is 74.0 cm³/mol. The van der Waals surface area contributed by atoms with Crippen LogP contribution in [0.15, 0.2) is 24.3 Å². The summed E-state index contributed by atoms with van der Waals surface area (Å²) in [4.78, 5) is 2.57. The van der Waals surface area contributed by atoms with Gasteiger partial charge in [-0.15, -0.1) is 0 Å². The predicted octanol–water partition coefficient (Wildman–Crippen LogP) is 3.73. The van der Waals surface area contributed by atoms with Gasteiger partial charge in [0.1, 0.15) is 0 Å². The minimum Gasteiger partial charge on any atom is -0.299 e. The van der Waals surface area contributed by atoms with Gasteiger partial charge in [-0.3, -0.25) is 4.90 Å². The first-order chi connectivity index (χ1) is 8.13. The zero-order valence-electron chi connectivity index (χ0n) is 11.4. The Bertz CT molecular complexity index is 339. The van der Waals surface area contributed by atoms with Crippen LogP contribution in [-0.4, -0.2) is 18.0 Å². The summed E-state index contributed by atoms with van der Waals surface area (Å²) < 4.78 is 0. The summed E-state index contributed by atoms with van der Waals surface area (Å²) in [6.07, 6.45) is 2.56. The van der Waals surface area contributed by atoms with Crippen molar-refractivity contribution in [3.05, 3.63) is 35.4 Å². The Labute approximate surface area is 106 Å². The Hall–Kier alpha value is -0.820. The van der Waals surface area contributed by atoms with Crippen molar-refractivity contribution in [3.8, 4) is 0 Å². The second kappa shape index (κ2) is 5.68. The molecule has 0 saturated carbocycles. The molecule has 1 aromatic rings. The van der Waals surface area contributed by atoms with Crippen molar-refractivity contribution in [2.24, 2.45) is 11.8 Å². The Kier molecular flexibility index (Phi) is 4.22. The lowest BCUT2D eigenvalue weighted by atomic mass is 10.0. The van der Waals surface area contributed by atoms with Crippen LogP contribution in [-0.2, 0) is 13.0 Å². The third-order valence-electron chi connectivity index (χ3n) is 3.58. The average molecular weight is 231 g/mol. The standard InChI is InChI=1S/C16H25N/c1-13(2)10-15-4-6-16(7-5-15)12-17-9-8-14(3)11-17/h4-7,13-14H,8-12H2,1-3H3/t14-/m1/s1. The van der Waals surface area contributed by atoms with Crippen molar-refractivity contribution in [1.82, 2.24) is 4.90 Å². The van der Waals surface area contributed by atoms with E-state index in [1.807, 2.05) is 0 Å². The maximum absolute atomic E-state index is 2.57. The van der Waals surface area contributed by atoms with Crippen molar-refractivity contribution in [1.29, 1.82) is 0 Å². The molecule has 0 spiro atoms. The first kappa shape index (κ1) is 12.6. The third-order valence-corrected chi connectivity index (χ3v) is 3.58. The lowest BCUT2D eigenvalue weighted by Gasteiger charge is -2.15. The maximum Gasteiger partial charge on any atom is 0.0233 e. The van der Waals surface area contributed by atoms with Crippen LogP contribution in [0.1, 0.15) is 38.3 Å². The topological polar surface area (TPSA) is 3.24 Å². The molecule has 0 aromatic heterocycles. The largest absolute Gasteiger partial charge is 0.299 e. The number of benzene rings is 1. The Balaban J connectivity index is 1.89. The van der Waals surface area contributed by atoms with Crippen LogP contribution >= 0.6 is 0 Å². The van der Waals surface area contributed by atoms with Gasteiger partial charge in [-0.1, -0.05) is 45.0 Å². The van der Waals surface area contributed by atoms with Gasteiger partial charge in [0.25, 0.3) is 0 Å². The molecule has 1 nitrogen and oxygen atoms in total. The summed E-state index contributed by atoms with van der Waals surface area (Å²) in [7, 11) is 0. The van der Waals surface area contributed by atoms with Gasteiger partial charge in [0, 0.05) is 13.1 Å². The summed E-state index contributed by atoms with van der Waals surface area (Å²) >= 11 is 0. The highest BCUT2D eigenvalue weighted by atomic mass is 15.1. The third kappa shape index (κ3) is 3.85. The summed E-state index contributed by atoms with van der Waals surface area (Å²) in [5.74, 6) is 1.63. The maximum atomic E-state index is 2.57.